The lowest BCUT2D eigenvalue weighted by molar-refractivity contribution is 0.100. The van der Waals surface area contributed by atoms with E-state index in [1.807, 2.05) is 6.92 Å². The van der Waals surface area contributed by atoms with Crippen LogP contribution in [-0.4, -0.2) is 18.5 Å². The van der Waals surface area contributed by atoms with E-state index in [2.05, 4.69) is 5.32 Å². The molecule has 5 N–H and O–H groups in total. The number of hydrogen-bond acceptors (Lipinski definition) is 3. The molecule has 0 fully saturated rings. The zero-order valence-electron chi connectivity index (χ0n) is 9.16. The number of carbonyl (C=O) groups excluding carboxylic acids is 1. The third kappa shape index (κ3) is 3.40. The Labute approximate surface area is 100.0 Å². The van der Waals surface area contributed by atoms with Gasteiger partial charge < -0.3 is 16.8 Å². The Balaban J connectivity index is 2.84. The summed E-state index contributed by atoms with van der Waals surface area (Å²) in [5.74, 6) is -0.482. The molecule has 0 saturated carbocycles. The summed E-state index contributed by atoms with van der Waals surface area (Å²) in [6.45, 7) is 2.58. The van der Waals surface area contributed by atoms with Crippen molar-refractivity contribution in [3.8, 4) is 0 Å². The highest BCUT2D eigenvalue weighted by Crippen LogP contribution is 2.20. The second-order valence-corrected chi connectivity index (χ2v) is 4.04. The van der Waals surface area contributed by atoms with Gasteiger partial charge in [0.15, 0.2) is 0 Å². The Bertz CT molecular complexity index is 381. The van der Waals surface area contributed by atoms with Gasteiger partial charge in [0, 0.05) is 23.3 Å². The molecule has 0 bridgehead atoms. The van der Waals surface area contributed by atoms with Gasteiger partial charge in [-0.2, -0.15) is 0 Å². The van der Waals surface area contributed by atoms with E-state index in [1.54, 1.807) is 18.2 Å². The number of halogens is 1. The van der Waals surface area contributed by atoms with E-state index in [0.717, 1.165) is 6.42 Å². The number of amides is 1. The first-order chi connectivity index (χ1) is 7.54. The molecule has 1 aromatic rings. The van der Waals surface area contributed by atoms with Crippen LogP contribution in [0, 0.1) is 0 Å². The van der Waals surface area contributed by atoms with Gasteiger partial charge in [0.25, 0.3) is 5.91 Å². The molecule has 0 aliphatic rings. The van der Waals surface area contributed by atoms with Crippen LogP contribution in [0.2, 0.25) is 5.02 Å². The number of nitrogens with one attached hydrogen (secondary N) is 1. The number of carbonyl (C=O) groups is 1. The fraction of sp³-hybridized carbons (Fsp3) is 0.364. The monoisotopic (exact) mass is 241 g/mol. The predicted octanol–water partition coefficient (Wildman–Crippen LogP) is 1.59. The predicted molar refractivity (Wildman–Crippen MR) is 66.7 cm³/mol. The van der Waals surface area contributed by atoms with Crippen LogP contribution in [0.5, 0.6) is 0 Å². The molecule has 0 aliphatic carbocycles. The van der Waals surface area contributed by atoms with Crippen molar-refractivity contribution in [2.24, 2.45) is 11.5 Å². The molecule has 1 aromatic carbocycles. The van der Waals surface area contributed by atoms with Gasteiger partial charge in [-0.05, 0) is 24.6 Å². The maximum absolute atomic E-state index is 11.2. The van der Waals surface area contributed by atoms with Crippen LogP contribution in [0.15, 0.2) is 18.2 Å². The van der Waals surface area contributed by atoms with Crippen molar-refractivity contribution in [1.29, 1.82) is 0 Å². The number of primary amides is 1. The second-order valence-electron chi connectivity index (χ2n) is 3.60. The second kappa shape index (κ2) is 5.72. The van der Waals surface area contributed by atoms with Crippen LogP contribution in [0.25, 0.3) is 0 Å². The lowest BCUT2D eigenvalue weighted by Crippen LogP contribution is -2.28. The molecule has 88 valence electrons. The summed E-state index contributed by atoms with van der Waals surface area (Å²) < 4.78 is 0. The zero-order chi connectivity index (χ0) is 12.1. The molecule has 1 rings (SSSR count). The molecular formula is C11H16ClN3O. The first-order valence-corrected chi connectivity index (χ1v) is 5.51. The summed E-state index contributed by atoms with van der Waals surface area (Å²) >= 11 is 5.85. The first-order valence-electron chi connectivity index (χ1n) is 5.13. The smallest absolute Gasteiger partial charge is 0.250 e. The molecular weight excluding hydrogens is 226 g/mol. The van der Waals surface area contributed by atoms with Crippen molar-refractivity contribution in [2.75, 3.05) is 11.9 Å². The van der Waals surface area contributed by atoms with Crippen LogP contribution in [0.1, 0.15) is 23.7 Å². The Morgan fingerprint density at radius 2 is 2.25 bits per heavy atom. The van der Waals surface area contributed by atoms with Crippen LogP contribution in [0.4, 0.5) is 5.69 Å². The van der Waals surface area contributed by atoms with Crippen LogP contribution in [-0.2, 0) is 0 Å². The third-order valence-corrected chi connectivity index (χ3v) is 2.56. The van der Waals surface area contributed by atoms with E-state index in [9.17, 15) is 4.79 Å². The molecule has 0 aromatic heterocycles. The zero-order valence-corrected chi connectivity index (χ0v) is 9.92. The highest BCUT2D eigenvalue weighted by molar-refractivity contribution is 6.31. The van der Waals surface area contributed by atoms with Gasteiger partial charge in [-0.15, -0.1) is 0 Å². The molecule has 5 heteroatoms. The Kier molecular flexibility index (Phi) is 4.58. The molecule has 0 spiro atoms. The maximum atomic E-state index is 11.2. The van der Waals surface area contributed by atoms with E-state index in [1.165, 1.54) is 0 Å². The van der Waals surface area contributed by atoms with Gasteiger partial charge in [0.2, 0.25) is 0 Å². The molecule has 0 saturated heterocycles. The number of hydrogen-bond donors (Lipinski definition) is 3. The van der Waals surface area contributed by atoms with Crippen molar-refractivity contribution >= 4 is 23.2 Å². The van der Waals surface area contributed by atoms with Gasteiger partial charge in [-0.3, -0.25) is 4.79 Å². The minimum absolute atomic E-state index is 0.0414. The third-order valence-electron chi connectivity index (χ3n) is 2.33. The van der Waals surface area contributed by atoms with Gasteiger partial charge in [-0.25, -0.2) is 0 Å². The fourth-order valence-corrected chi connectivity index (χ4v) is 1.44. The van der Waals surface area contributed by atoms with E-state index in [-0.39, 0.29) is 6.04 Å². The van der Waals surface area contributed by atoms with E-state index in [4.69, 9.17) is 23.1 Å². The first kappa shape index (κ1) is 12.8. The van der Waals surface area contributed by atoms with Gasteiger partial charge >= 0.3 is 0 Å². The Hall–Kier alpha value is -1.26. The van der Waals surface area contributed by atoms with Crippen molar-refractivity contribution in [3.63, 3.8) is 0 Å². The lowest BCUT2D eigenvalue weighted by atomic mass is 10.1. The van der Waals surface area contributed by atoms with E-state index < -0.39 is 5.91 Å². The normalized spacial score (nSPS) is 12.2. The quantitative estimate of drug-likeness (QED) is 0.732. The Morgan fingerprint density at radius 3 is 2.81 bits per heavy atom. The molecule has 4 nitrogen and oxygen atoms in total. The van der Waals surface area contributed by atoms with Gasteiger partial charge in [-0.1, -0.05) is 18.5 Å². The van der Waals surface area contributed by atoms with Crippen LogP contribution in [0.3, 0.4) is 0 Å². The van der Waals surface area contributed by atoms with Crippen molar-refractivity contribution in [3.05, 3.63) is 28.8 Å². The summed E-state index contributed by atoms with van der Waals surface area (Å²) in [6, 6.07) is 4.95. The standard InChI is InChI=1S/C11H16ClN3O/c1-2-8(13)6-15-10-5-7(12)3-4-9(10)11(14)16/h3-5,8,15H,2,6,13H2,1H3,(H2,14,16). The summed E-state index contributed by atoms with van der Waals surface area (Å²) in [5, 5.41) is 3.63. The molecule has 0 heterocycles. The minimum atomic E-state index is -0.482. The average Bonchev–Trinajstić information content (AvgIpc) is 2.25. The van der Waals surface area contributed by atoms with Gasteiger partial charge in [0.1, 0.15) is 0 Å². The SMILES string of the molecule is CCC(N)CNc1cc(Cl)ccc1C(N)=O. The largest absolute Gasteiger partial charge is 0.383 e. The fourth-order valence-electron chi connectivity index (χ4n) is 1.26. The Morgan fingerprint density at radius 1 is 1.56 bits per heavy atom. The molecule has 0 aliphatic heterocycles. The number of rotatable bonds is 5. The van der Waals surface area contributed by atoms with E-state index >= 15 is 0 Å². The molecule has 1 amide bonds. The topological polar surface area (TPSA) is 81.1 Å². The number of benzene rings is 1. The molecule has 1 atom stereocenters. The maximum Gasteiger partial charge on any atom is 0.250 e. The van der Waals surface area contributed by atoms with Crippen LogP contribution < -0.4 is 16.8 Å². The number of anilines is 1. The summed E-state index contributed by atoms with van der Waals surface area (Å²) in [5.41, 5.74) is 12.1. The highest BCUT2D eigenvalue weighted by atomic mass is 35.5. The summed E-state index contributed by atoms with van der Waals surface area (Å²) in [6.07, 6.45) is 0.861. The molecule has 16 heavy (non-hydrogen) atoms. The van der Waals surface area contributed by atoms with Crippen molar-refractivity contribution in [2.45, 2.75) is 19.4 Å². The van der Waals surface area contributed by atoms with Crippen molar-refractivity contribution in [1.82, 2.24) is 0 Å². The summed E-state index contributed by atoms with van der Waals surface area (Å²) in [4.78, 5) is 11.2. The minimum Gasteiger partial charge on any atom is -0.383 e. The van der Waals surface area contributed by atoms with E-state index in [0.29, 0.717) is 22.8 Å². The lowest BCUT2D eigenvalue weighted by Gasteiger charge is -2.14. The van der Waals surface area contributed by atoms with Crippen LogP contribution >= 0.6 is 11.6 Å². The highest BCUT2D eigenvalue weighted by Gasteiger charge is 2.09. The molecule has 0 radical (unpaired) electrons. The number of nitrogens with two attached hydrogens (primary N) is 2. The average molecular weight is 242 g/mol. The van der Waals surface area contributed by atoms with Gasteiger partial charge in [0.05, 0.1) is 5.56 Å². The van der Waals surface area contributed by atoms with Crippen molar-refractivity contribution < 1.29 is 4.79 Å². The summed E-state index contributed by atoms with van der Waals surface area (Å²) in [7, 11) is 0. The molecule has 1 unspecified atom stereocenters.